The normalized spacial score (nSPS) is 11.4. The Bertz CT molecular complexity index is 1010. The Labute approximate surface area is 146 Å². The molecule has 0 heterocycles. The molecule has 2 N–H and O–H groups in total. The first kappa shape index (κ1) is 17.1. The Balaban J connectivity index is 1.74. The molecule has 128 valence electrons. The van der Waals surface area contributed by atoms with Crippen molar-refractivity contribution in [1.82, 2.24) is 10.0 Å². The van der Waals surface area contributed by atoms with Gasteiger partial charge in [-0.15, -0.1) is 0 Å². The Morgan fingerprint density at radius 1 is 0.920 bits per heavy atom. The Kier molecular flexibility index (Phi) is 4.83. The SMILES string of the molecule is CNS(=O)(=O)c1ccc(CNC(=O)c2cccc3ccccc23)cc1. The molecule has 0 saturated heterocycles. The summed E-state index contributed by atoms with van der Waals surface area (Å²) in [5.74, 6) is -0.163. The maximum atomic E-state index is 12.5. The van der Waals surface area contributed by atoms with Gasteiger partial charge in [0.15, 0.2) is 0 Å². The first-order chi connectivity index (χ1) is 12.0. The minimum Gasteiger partial charge on any atom is -0.348 e. The van der Waals surface area contributed by atoms with Crippen LogP contribution in [0.4, 0.5) is 0 Å². The number of fused-ring (bicyclic) bond motifs is 1. The molecule has 0 aromatic heterocycles. The molecule has 0 fully saturated rings. The van der Waals surface area contributed by atoms with Crippen LogP contribution >= 0.6 is 0 Å². The van der Waals surface area contributed by atoms with Gasteiger partial charge in [0.1, 0.15) is 0 Å². The number of sulfonamides is 1. The molecule has 0 spiro atoms. The van der Waals surface area contributed by atoms with Crippen molar-refractivity contribution >= 4 is 26.7 Å². The van der Waals surface area contributed by atoms with Crippen molar-refractivity contribution in [3.63, 3.8) is 0 Å². The molecular formula is C19H18N2O3S. The van der Waals surface area contributed by atoms with Gasteiger partial charge in [-0.05, 0) is 41.6 Å². The molecule has 0 radical (unpaired) electrons. The second-order valence-electron chi connectivity index (χ2n) is 5.56. The molecule has 25 heavy (non-hydrogen) atoms. The van der Waals surface area contributed by atoms with Crippen molar-refractivity contribution in [3.8, 4) is 0 Å². The summed E-state index contributed by atoms with van der Waals surface area (Å²) in [7, 11) is -2.08. The Morgan fingerprint density at radius 3 is 2.32 bits per heavy atom. The lowest BCUT2D eigenvalue weighted by Crippen LogP contribution is -2.23. The van der Waals surface area contributed by atoms with E-state index >= 15 is 0 Å². The maximum Gasteiger partial charge on any atom is 0.252 e. The predicted octanol–water partition coefficient (Wildman–Crippen LogP) is 2.68. The summed E-state index contributed by atoms with van der Waals surface area (Å²) in [6.45, 7) is 0.321. The number of hydrogen-bond acceptors (Lipinski definition) is 3. The molecule has 1 amide bonds. The molecule has 0 aliphatic rings. The molecule has 5 nitrogen and oxygen atoms in total. The first-order valence-corrected chi connectivity index (χ1v) is 9.28. The molecular weight excluding hydrogens is 336 g/mol. The quantitative estimate of drug-likeness (QED) is 0.740. The zero-order chi connectivity index (χ0) is 17.9. The van der Waals surface area contributed by atoms with Crippen LogP contribution in [0.25, 0.3) is 10.8 Å². The van der Waals surface area contributed by atoms with Gasteiger partial charge < -0.3 is 5.32 Å². The van der Waals surface area contributed by atoms with Crippen molar-refractivity contribution in [3.05, 3.63) is 77.9 Å². The highest BCUT2D eigenvalue weighted by Crippen LogP contribution is 2.18. The number of benzene rings is 3. The fourth-order valence-electron chi connectivity index (χ4n) is 2.61. The van der Waals surface area contributed by atoms with E-state index in [4.69, 9.17) is 0 Å². The van der Waals surface area contributed by atoms with Crippen LogP contribution in [0.3, 0.4) is 0 Å². The molecule has 3 aromatic rings. The second-order valence-corrected chi connectivity index (χ2v) is 7.45. The Morgan fingerprint density at radius 2 is 1.60 bits per heavy atom. The van der Waals surface area contributed by atoms with Crippen molar-refractivity contribution in [2.75, 3.05) is 7.05 Å². The summed E-state index contributed by atoms with van der Waals surface area (Å²) in [5, 5.41) is 4.79. The predicted molar refractivity (Wildman–Crippen MR) is 97.8 cm³/mol. The number of hydrogen-bond donors (Lipinski definition) is 2. The number of nitrogens with one attached hydrogen (secondary N) is 2. The molecule has 0 unspecified atom stereocenters. The summed E-state index contributed by atoms with van der Waals surface area (Å²) < 4.78 is 25.7. The van der Waals surface area contributed by atoms with E-state index in [0.717, 1.165) is 16.3 Å². The van der Waals surface area contributed by atoms with Crippen LogP contribution in [-0.4, -0.2) is 21.4 Å². The van der Waals surface area contributed by atoms with Gasteiger partial charge in [-0.2, -0.15) is 0 Å². The highest BCUT2D eigenvalue weighted by molar-refractivity contribution is 7.89. The van der Waals surface area contributed by atoms with Crippen LogP contribution in [0.15, 0.2) is 71.6 Å². The summed E-state index contributed by atoms with van der Waals surface area (Å²) in [5.41, 5.74) is 1.44. The van der Waals surface area contributed by atoms with Crippen LogP contribution in [-0.2, 0) is 16.6 Å². The molecule has 6 heteroatoms. The summed E-state index contributed by atoms with van der Waals surface area (Å²) in [6.07, 6.45) is 0. The van der Waals surface area contributed by atoms with Gasteiger partial charge in [-0.25, -0.2) is 13.1 Å². The smallest absolute Gasteiger partial charge is 0.252 e. The highest BCUT2D eigenvalue weighted by atomic mass is 32.2. The van der Waals surface area contributed by atoms with Gasteiger partial charge in [-0.3, -0.25) is 4.79 Å². The van der Waals surface area contributed by atoms with Crippen LogP contribution in [0.2, 0.25) is 0 Å². The molecule has 3 aromatic carbocycles. The van der Waals surface area contributed by atoms with Gasteiger partial charge in [-0.1, -0.05) is 48.5 Å². The summed E-state index contributed by atoms with van der Waals surface area (Å²) >= 11 is 0. The fraction of sp³-hybridized carbons (Fsp3) is 0.105. The average Bonchev–Trinajstić information content (AvgIpc) is 2.66. The monoisotopic (exact) mass is 354 g/mol. The van der Waals surface area contributed by atoms with E-state index in [1.165, 1.54) is 19.2 Å². The topological polar surface area (TPSA) is 75.3 Å². The third-order valence-electron chi connectivity index (χ3n) is 3.99. The lowest BCUT2D eigenvalue weighted by atomic mass is 10.0. The third-order valence-corrected chi connectivity index (χ3v) is 5.42. The van der Waals surface area contributed by atoms with Crippen LogP contribution < -0.4 is 10.0 Å². The molecule has 0 bridgehead atoms. The number of carbonyl (C=O) groups excluding carboxylic acids is 1. The zero-order valence-electron chi connectivity index (χ0n) is 13.7. The van der Waals surface area contributed by atoms with Gasteiger partial charge in [0.2, 0.25) is 10.0 Å². The highest BCUT2D eigenvalue weighted by Gasteiger charge is 2.12. The minimum atomic E-state index is -3.45. The number of rotatable bonds is 5. The van der Waals surface area contributed by atoms with E-state index in [1.54, 1.807) is 18.2 Å². The van der Waals surface area contributed by atoms with Crippen molar-refractivity contribution in [2.24, 2.45) is 0 Å². The van der Waals surface area contributed by atoms with E-state index in [-0.39, 0.29) is 10.8 Å². The lowest BCUT2D eigenvalue weighted by molar-refractivity contribution is 0.0952. The van der Waals surface area contributed by atoms with Gasteiger partial charge in [0, 0.05) is 12.1 Å². The van der Waals surface area contributed by atoms with Crippen LogP contribution in [0, 0.1) is 0 Å². The molecule has 0 atom stereocenters. The van der Waals surface area contributed by atoms with Crippen molar-refractivity contribution in [2.45, 2.75) is 11.4 Å². The molecule has 0 saturated carbocycles. The summed E-state index contributed by atoms with van der Waals surface area (Å²) in [4.78, 5) is 12.7. The largest absolute Gasteiger partial charge is 0.348 e. The van der Waals surface area contributed by atoms with Gasteiger partial charge >= 0.3 is 0 Å². The molecule has 3 rings (SSSR count). The molecule has 0 aliphatic carbocycles. The lowest BCUT2D eigenvalue weighted by Gasteiger charge is -2.09. The van der Waals surface area contributed by atoms with E-state index in [9.17, 15) is 13.2 Å². The van der Waals surface area contributed by atoms with E-state index < -0.39 is 10.0 Å². The third kappa shape index (κ3) is 3.70. The van der Waals surface area contributed by atoms with E-state index in [0.29, 0.717) is 12.1 Å². The van der Waals surface area contributed by atoms with Gasteiger partial charge in [0.25, 0.3) is 5.91 Å². The second kappa shape index (κ2) is 7.04. The van der Waals surface area contributed by atoms with E-state index in [1.807, 2.05) is 36.4 Å². The standard InChI is InChI=1S/C19H18N2O3S/c1-20-25(23,24)16-11-9-14(10-12-16)13-21-19(22)18-8-4-6-15-5-2-3-7-17(15)18/h2-12,20H,13H2,1H3,(H,21,22). The van der Waals surface area contributed by atoms with Crippen molar-refractivity contribution < 1.29 is 13.2 Å². The fourth-order valence-corrected chi connectivity index (χ4v) is 3.34. The minimum absolute atomic E-state index is 0.163. The zero-order valence-corrected chi connectivity index (χ0v) is 14.5. The summed E-state index contributed by atoms with van der Waals surface area (Å²) in [6, 6.07) is 19.7. The number of carbonyl (C=O) groups is 1. The van der Waals surface area contributed by atoms with Crippen molar-refractivity contribution in [1.29, 1.82) is 0 Å². The van der Waals surface area contributed by atoms with E-state index in [2.05, 4.69) is 10.0 Å². The van der Waals surface area contributed by atoms with Crippen LogP contribution in [0.5, 0.6) is 0 Å². The van der Waals surface area contributed by atoms with Crippen LogP contribution in [0.1, 0.15) is 15.9 Å². The molecule has 0 aliphatic heterocycles. The maximum absolute atomic E-state index is 12.5. The number of amides is 1. The first-order valence-electron chi connectivity index (χ1n) is 7.80. The van der Waals surface area contributed by atoms with Gasteiger partial charge in [0.05, 0.1) is 4.90 Å². The average molecular weight is 354 g/mol. The Hall–Kier alpha value is -2.70.